The summed E-state index contributed by atoms with van der Waals surface area (Å²) >= 11 is 1.76. The summed E-state index contributed by atoms with van der Waals surface area (Å²) in [4.78, 5) is 20.5. The summed E-state index contributed by atoms with van der Waals surface area (Å²) in [5.41, 5.74) is -0.0108. The fourth-order valence-electron chi connectivity index (χ4n) is 2.52. The highest BCUT2D eigenvalue weighted by Crippen LogP contribution is 2.24. The number of halogens is 2. The maximum Gasteiger partial charge on any atom is 0.322 e. The summed E-state index contributed by atoms with van der Waals surface area (Å²) in [6.45, 7) is 5.48. The largest absolute Gasteiger partial charge is 0.348 e. The molecule has 2 amide bonds. The summed E-state index contributed by atoms with van der Waals surface area (Å²) in [7, 11) is 0. The number of hydrogen-bond acceptors (Lipinski definition) is 4. The molecule has 1 saturated heterocycles. The van der Waals surface area contributed by atoms with Crippen molar-refractivity contribution in [3.63, 3.8) is 0 Å². The van der Waals surface area contributed by atoms with Gasteiger partial charge in [-0.2, -0.15) is 0 Å². The second-order valence-electron chi connectivity index (χ2n) is 5.58. The van der Waals surface area contributed by atoms with E-state index in [2.05, 4.69) is 22.1 Å². The molecule has 8 heteroatoms. The number of anilines is 1. The molecule has 0 unspecified atom stereocenters. The van der Waals surface area contributed by atoms with Crippen LogP contribution in [-0.4, -0.2) is 59.0 Å². The highest BCUT2D eigenvalue weighted by atomic mass is 32.2. The fraction of sp³-hybridized carbons (Fsp3) is 0.467. The molecule has 0 aromatic heterocycles. The molecule has 0 bridgehead atoms. The summed E-state index contributed by atoms with van der Waals surface area (Å²) in [5, 5.41) is 4.04. The summed E-state index contributed by atoms with van der Waals surface area (Å²) in [6, 6.07) is 2.73. The van der Waals surface area contributed by atoms with Gasteiger partial charge in [0.1, 0.15) is 11.6 Å². The summed E-state index contributed by atoms with van der Waals surface area (Å²) in [5.74, 6) is -1.44. The number of piperazine rings is 1. The van der Waals surface area contributed by atoms with Crippen LogP contribution in [-0.2, 0) is 0 Å². The van der Waals surface area contributed by atoms with Gasteiger partial charge in [-0.15, -0.1) is 0 Å². The van der Waals surface area contributed by atoms with Crippen molar-refractivity contribution in [2.24, 2.45) is 4.99 Å². The molecule has 0 aliphatic carbocycles. The Labute approximate surface area is 137 Å². The third-order valence-electron chi connectivity index (χ3n) is 3.80. The second-order valence-corrected chi connectivity index (χ2v) is 6.99. The molecule has 1 fully saturated rings. The molecule has 1 aromatic rings. The van der Waals surface area contributed by atoms with Crippen LogP contribution in [0.4, 0.5) is 19.3 Å². The number of nitrogens with zero attached hydrogens (tertiary/aromatic N) is 3. The first kappa shape index (κ1) is 16.0. The third-order valence-corrected chi connectivity index (χ3v) is 4.95. The molecule has 2 heterocycles. The van der Waals surface area contributed by atoms with Crippen LogP contribution in [0.25, 0.3) is 0 Å². The van der Waals surface area contributed by atoms with Gasteiger partial charge in [0.15, 0.2) is 5.17 Å². The SMILES string of the molecule is C[C@H]1CN=C(N2CCN(C(=O)Nc3ccc(F)cc3F)CC2)S1. The van der Waals surface area contributed by atoms with Gasteiger partial charge >= 0.3 is 6.03 Å². The van der Waals surface area contributed by atoms with Crippen molar-refractivity contribution in [1.82, 2.24) is 9.80 Å². The molecule has 2 aliphatic rings. The van der Waals surface area contributed by atoms with E-state index in [1.807, 2.05) is 0 Å². The maximum atomic E-state index is 13.6. The van der Waals surface area contributed by atoms with Gasteiger partial charge in [0.05, 0.1) is 12.2 Å². The Kier molecular flexibility index (Phi) is 4.70. The van der Waals surface area contributed by atoms with E-state index in [9.17, 15) is 13.6 Å². The quantitative estimate of drug-likeness (QED) is 0.855. The zero-order chi connectivity index (χ0) is 16.4. The number of rotatable bonds is 1. The van der Waals surface area contributed by atoms with Crippen molar-refractivity contribution in [3.05, 3.63) is 29.8 Å². The lowest BCUT2D eigenvalue weighted by molar-refractivity contribution is 0.182. The molecule has 0 radical (unpaired) electrons. The molecule has 1 atom stereocenters. The van der Waals surface area contributed by atoms with Crippen LogP contribution in [0.15, 0.2) is 23.2 Å². The Morgan fingerprint density at radius 1 is 1.30 bits per heavy atom. The monoisotopic (exact) mass is 340 g/mol. The first-order valence-corrected chi connectivity index (χ1v) is 8.38. The van der Waals surface area contributed by atoms with Crippen LogP contribution < -0.4 is 5.32 Å². The Hall–Kier alpha value is -1.83. The third kappa shape index (κ3) is 3.74. The van der Waals surface area contributed by atoms with Crippen molar-refractivity contribution < 1.29 is 13.6 Å². The molecule has 1 aromatic carbocycles. The molecular weight excluding hydrogens is 322 g/mol. The van der Waals surface area contributed by atoms with E-state index in [1.165, 1.54) is 6.07 Å². The van der Waals surface area contributed by atoms with Crippen LogP contribution in [0.1, 0.15) is 6.92 Å². The van der Waals surface area contributed by atoms with Crippen LogP contribution >= 0.6 is 11.8 Å². The van der Waals surface area contributed by atoms with Gasteiger partial charge in [-0.05, 0) is 12.1 Å². The lowest BCUT2D eigenvalue weighted by atomic mass is 10.3. The minimum Gasteiger partial charge on any atom is -0.348 e. The minimum atomic E-state index is -0.775. The van der Waals surface area contributed by atoms with Crippen molar-refractivity contribution in [1.29, 1.82) is 0 Å². The molecule has 23 heavy (non-hydrogen) atoms. The number of urea groups is 1. The molecular formula is C15H18F2N4OS. The van der Waals surface area contributed by atoms with Gasteiger partial charge in [-0.1, -0.05) is 18.7 Å². The zero-order valence-electron chi connectivity index (χ0n) is 12.8. The number of aliphatic imine (C=N–C) groups is 1. The molecule has 5 nitrogen and oxygen atoms in total. The first-order valence-electron chi connectivity index (χ1n) is 7.50. The number of benzene rings is 1. The topological polar surface area (TPSA) is 47.9 Å². The Morgan fingerprint density at radius 2 is 2.04 bits per heavy atom. The average molecular weight is 340 g/mol. The van der Waals surface area contributed by atoms with E-state index < -0.39 is 11.6 Å². The number of carbonyl (C=O) groups is 1. The van der Waals surface area contributed by atoms with Crippen LogP contribution in [0, 0.1) is 11.6 Å². The van der Waals surface area contributed by atoms with Crippen molar-refractivity contribution in [2.45, 2.75) is 12.2 Å². The number of amidine groups is 1. The molecule has 1 N–H and O–H groups in total. The van der Waals surface area contributed by atoms with Gasteiger partial charge in [0.2, 0.25) is 0 Å². The zero-order valence-corrected chi connectivity index (χ0v) is 13.6. The normalized spacial score (nSPS) is 21.3. The van der Waals surface area contributed by atoms with Gasteiger partial charge in [0.25, 0.3) is 0 Å². The molecule has 2 aliphatic heterocycles. The maximum absolute atomic E-state index is 13.6. The summed E-state index contributed by atoms with van der Waals surface area (Å²) in [6.07, 6.45) is 0. The lowest BCUT2D eigenvalue weighted by Crippen LogP contribution is -2.51. The summed E-state index contributed by atoms with van der Waals surface area (Å²) < 4.78 is 26.5. The van der Waals surface area contributed by atoms with Crippen molar-refractivity contribution >= 4 is 28.6 Å². The average Bonchev–Trinajstić information content (AvgIpc) is 2.97. The molecule has 0 saturated carbocycles. The Bertz CT molecular complexity index is 632. The molecule has 0 spiro atoms. The predicted octanol–water partition coefficient (Wildman–Crippen LogP) is 2.61. The van der Waals surface area contributed by atoms with Crippen LogP contribution in [0.5, 0.6) is 0 Å². The standard InChI is InChI=1S/C15H18F2N4OS/c1-10-9-18-15(23-10)21-6-4-20(5-7-21)14(22)19-13-3-2-11(16)8-12(13)17/h2-3,8,10H,4-7,9H2,1H3,(H,19,22)/t10-/m0/s1. The Balaban J connectivity index is 1.54. The number of thioether (sulfide) groups is 1. The molecule has 124 valence electrons. The van der Waals surface area contributed by atoms with E-state index in [4.69, 9.17) is 0 Å². The Morgan fingerprint density at radius 3 is 2.65 bits per heavy atom. The van der Waals surface area contributed by atoms with E-state index in [1.54, 1.807) is 16.7 Å². The van der Waals surface area contributed by atoms with Crippen LogP contribution in [0.3, 0.4) is 0 Å². The lowest BCUT2D eigenvalue weighted by Gasteiger charge is -2.35. The number of amides is 2. The van der Waals surface area contributed by atoms with E-state index in [-0.39, 0.29) is 11.7 Å². The van der Waals surface area contributed by atoms with E-state index in [0.717, 1.165) is 23.8 Å². The van der Waals surface area contributed by atoms with Gasteiger partial charge in [-0.3, -0.25) is 4.99 Å². The van der Waals surface area contributed by atoms with Crippen LogP contribution in [0.2, 0.25) is 0 Å². The second kappa shape index (κ2) is 6.74. The van der Waals surface area contributed by atoms with Gasteiger partial charge in [0, 0.05) is 37.5 Å². The molecule has 3 rings (SSSR count). The van der Waals surface area contributed by atoms with E-state index in [0.29, 0.717) is 31.4 Å². The minimum absolute atomic E-state index is 0.0108. The van der Waals surface area contributed by atoms with Gasteiger partial charge < -0.3 is 15.1 Å². The van der Waals surface area contributed by atoms with E-state index >= 15 is 0 Å². The van der Waals surface area contributed by atoms with Crippen molar-refractivity contribution in [2.75, 3.05) is 38.0 Å². The highest BCUT2D eigenvalue weighted by Gasteiger charge is 2.26. The van der Waals surface area contributed by atoms with Crippen molar-refractivity contribution in [3.8, 4) is 0 Å². The highest BCUT2D eigenvalue weighted by molar-refractivity contribution is 8.14. The number of carbonyl (C=O) groups excluding carboxylic acids is 1. The number of hydrogen-bond donors (Lipinski definition) is 1. The number of nitrogens with one attached hydrogen (secondary N) is 1. The first-order chi connectivity index (χ1) is 11.0. The van der Waals surface area contributed by atoms with Gasteiger partial charge in [-0.25, -0.2) is 13.6 Å². The smallest absolute Gasteiger partial charge is 0.322 e. The fourth-order valence-corrected chi connectivity index (χ4v) is 3.51. The predicted molar refractivity (Wildman–Crippen MR) is 87.9 cm³/mol.